The zero-order valence-corrected chi connectivity index (χ0v) is 7.02. The van der Waals surface area contributed by atoms with Gasteiger partial charge in [0, 0.05) is 18.7 Å². The van der Waals surface area contributed by atoms with Crippen LogP contribution in [-0.4, -0.2) is 12.5 Å². The Morgan fingerprint density at radius 1 is 1.64 bits per heavy atom. The Morgan fingerprint density at radius 3 is 2.73 bits per heavy atom. The van der Waals surface area contributed by atoms with Crippen LogP contribution in [0, 0.1) is 0 Å². The molecule has 0 aliphatic heterocycles. The summed E-state index contributed by atoms with van der Waals surface area (Å²) in [4.78, 5) is 10.7. The molecule has 1 amide bonds. The van der Waals surface area contributed by atoms with Crippen LogP contribution in [0.2, 0.25) is 0 Å². The molecule has 3 heteroatoms. The standard InChI is InChI=1S/C8H16N2O/c1-3-8(11)10-6-4-5-7(2)9/h2-6,9H2,1H3,(H,10,11). The van der Waals surface area contributed by atoms with Crippen molar-refractivity contribution in [2.75, 3.05) is 6.54 Å². The first-order valence-electron chi connectivity index (χ1n) is 3.86. The predicted molar refractivity (Wildman–Crippen MR) is 45.9 cm³/mol. The Labute approximate surface area is 67.7 Å². The van der Waals surface area contributed by atoms with E-state index in [4.69, 9.17) is 5.73 Å². The van der Waals surface area contributed by atoms with Crippen LogP contribution in [0.25, 0.3) is 0 Å². The van der Waals surface area contributed by atoms with E-state index in [0.717, 1.165) is 12.8 Å². The van der Waals surface area contributed by atoms with Gasteiger partial charge in [-0.25, -0.2) is 0 Å². The molecule has 3 N–H and O–H groups in total. The molecular weight excluding hydrogens is 140 g/mol. The summed E-state index contributed by atoms with van der Waals surface area (Å²) in [5.74, 6) is 0.0904. The molecule has 0 rings (SSSR count). The Morgan fingerprint density at radius 2 is 2.27 bits per heavy atom. The van der Waals surface area contributed by atoms with Gasteiger partial charge in [0.2, 0.25) is 5.91 Å². The van der Waals surface area contributed by atoms with Crippen molar-refractivity contribution in [2.45, 2.75) is 26.2 Å². The van der Waals surface area contributed by atoms with Crippen molar-refractivity contribution in [2.24, 2.45) is 5.73 Å². The molecule has 3 nitrogen and oxygen atoms in total. The van der Waals surface area contributed by atoms with Crippen LogP contribution in [0.5, 0.6) is 0 Å². The molecule has 0 saturated carbocycles. The smallest absolute Gasteiger partial charge is 0.219 e. The molecule has 0 aromatic heterocycles. The molecule has 0 saturated heterocycles. The zero-order valence-electron chi connectivity index (χ0n) is 7.02. The van der Waals surface area contributed by atoms with Crippen LogP contribution in [0.15, 0.2) is 12.3 Å². The lowest BCUT2D eigenvalue weighted by atomic mass is 10.2. The summed E-state index contributed by atoms with van der Waals surface area (Å²) in [6.45, 7) is 6.08. The number of hydrogen-bond donors (Lipinski definition) is 2. The molecule has 0 heterocycles. The average molecular weight is 156 g/mol. The number of carbonyl (C=O) groups excluding carboxylic acids is 1. The fourth-order valence-electron chi connectivity index (χ4n) is 0.668. The molecular formula is C8H16N2O. The van der Waals surface area contributed by atoms with Gasteiger partial charge in [0.1, 0.15) is 0 Å². The molecule has 11 heavy (non-hydrogen) atoms. The van der Waals surface area contributed by atoms with Crippen LogP contribution >= 0.6 is 0 Å². The van der Waals surface area contributed by atoms with Gasteiger partial charge < -0.3 is 11.1 Å². The van der Waals surface area contributed by atoms with E-state index in [-0.39, 0.29) is 5.91 Å². The van der Waals surface area contributed by atoms with Gasteiger partial charge in [0.05, 0.1) is 0 Å². The van der Waals surface area contributed by atoms with Gasteiger partial charge in [0.15, 0.2) is 0 Å². The highest BCUT2D eigenvalue weighted by Crippen LogP contribution is 1.92. The maximum absolute atomic E-state index is 10.7. The highest BCUT2D eigenvalue weighted by molar-refractivity contribution is 5.75. The number of allylic oxidation sites excluding steroid dienone is 1. The summed E-state index contributed by atoms with van der Waals surface area (Å²) in [5, 5.41) is 2.75. The Kier molecular flexibility index (Phi) is 5.25. The number of rotatable bonds is 5. The molecule has 0 aromatic carbocycles. The van der Waals surface area contributed by atoms with Gasteiger partial charge in [-0.3, -0.25) is 4.79 Å². The highest BCUT2D eigenvalue weighted by atomic mass is 16.1. The van der Waals surface area contributed by atoms with Crippen molar-refractivity contribution in [3.8, 4) is 0 Å². The second-order valence-electron chi connectivity index (χ2n) is 2.47. The lowest BCUT2D eigenvalue weighted by molar-refractivity contribution is -0.120. The largest absolute Gasteiger partial charge is 0.403 e. The van der Waals surface area contributed by atoms with Gasteiger partial charge in [-0.1, -0.05) is 13.5 Å². The van der Waals surface area contributed by atoms with E-state index in [0.29, 0.717) is 18.7 Å². The second kappa shape index (κ2) is 5.77. The summed E-state index contributed by atoms with van der Waals surface area (Å²) >= 11 is 0. The fourth-order valence-corrected chi connectivity index (χ4v) is 0.668. The molecule has 64 valence electrons. The molecule has 0 unspecified atom stereocenters. The normalized spacial score (nSPS) is 9.18. The predicted octanol–water partition coefficient (Wildman–Crippen LogP) is 0.765. The summed E-state index contributed by atoms with van der Waals surface area (Å²) < 4.78 is 0. The summed E-state index contributed by atoms with van der Waals surface area (Å²) in [5.41, 5.74) is 6.01. The molecule has 0 spiro atoms. The van der Waals surface area contributed by atoms with Crippen molar-refractivity contribution in [3.05, 3.63) is 12.3 Å². The van der Waals surface area contributed by atoms with E-state index in [9.17, 15) is 4.79 Å². The average Bonchev–Trinajstić information content (AvgIpc) is 1.97. The second-order valence-corrected chi connectivity index (χ2v) is 2.47. The first-order chi connectivity index (χ1) is 5.16. The molecule has 0 fully saturated rings. The third-order valence-corrected chi connectivity index (χ3v) is 1.32. The van der Waals surface area contributed by atoms with Crippen molar-refractivity contribution < 1.29 is 4.79 Å². The SMILES string of the molecule is C=C(N)CCCNC(=O)CC. The number of carbonyl (C=O) groups is 1. The number of nitrogens with one attached hydrogen (secondary N) is 1. The van der Waals surface area contributed by atoms with E-state index < -0.39 is 0 Å². The van der Waals surface area contributed by atoms with E-state index in [2.05, 4.69) is 11.9 Å². The topological polar surface area (TPSA) is 55.1 Å². The van der Waals surface area contributed by atoms with Gasteiger partial charge in [0.25, 0.3) is 0 Å². The Bertz CT molecular complexity index is 143. The fraction of sp³-hybridized carbons (Fsp3) is 0.625. The Balaban J connectivity index is 3.14. The monoisotopic (exact) mass is 156 g/mol. The van der Waals surface area contributed by atoms with Crippen LogP contribution in [-0.2, 0) is 4.79 Å². The minimum absolute atomic E-state index is 0.0904. The number of nitrogens with two attached hydrogens (primary N) is 1. The van der Waals surface area contributed by atoms with Crippen molar-refractivity contribution in [1.82, 2.24) is 5.32 Å². The maximum atomic E-state index is 10.7. The quantitative estimate of drug-likeness (QED) is 0.577. The molecule has 0 radical (unpaired) electrons. The van der Waals surface area contributed by atoms with Gasteiger partial charge in [-0.05, 0) is 12.8 Å². The zero-order chi connectivity index (χ0) is 8.69. The molecule has 0 aromatic rings. The lowest BCUT2D eigenvalue weighted by Gasteiger charge is -2.02. The Hall–Kier alpha value is -0.990. The van der Waals surface area contributed by atoms with Gasteiger partial charge in [-0.15, -0.1) is 0 Å². The minimum atomic E-state index is 0.0904. The first kappa shape index (κ1) is 10.0. The van der Waals surface area contributed by atoms with Gasteiger partial charge in [-0.2, -0.15) is 0 Å². The third kappa shape index (κ3) is 6.90. The number of amides is 1. The third-order valence-electron chi connectivity index (χ3n) is 1.32. The summed E-state index contributed by atoms with van der Waals surface area (Å²) in [7, 11) is 0. The van der Waals surface area contributed by atoms with Crippen LogP contribution in [0.3, 0.4) is 0 Å². The van der Waals surface area contributed by atoms with Crippen LogP contribution < -0.4 is 11.1 Å². The van der Waals surface area contributed by atoms with E-state index in [1.54, 1.807) is 0 Å². The van der Waals surface area contributed by atoms with Crippen LogP contribution in [0.4, 0.5) is 0 Å². The summed E-state index contributed by atoms with van der Waals surface area (Å²) in [6, 6.07) is 0. The van der Waals surface area contributed by atoms with Crippen molar-refractivity contribution in [1.29, 1.82) is 0 Å². The molecule has 0 bridgehead atoms. The first-order valence-corrected chi connectivity index (χ1v) is 3.86. The van der Waals surface area contributed by atoms with Gasteiger partial charge >= 0.3 is 0 Å². The van der Waals surface area contributed by atoms with E-state index in [1.165, 1.54) is 0 Å². The van der Waals surface area contributed by atoms with Crippen molar-refractivity contribution >= 4 is 5.91 Å². The van der Waals surface area contributed by atoms with Crippen molar-refractivity contribution in [3.63, 3.8) is 0 Å². The van der Waals surface area contributed by atoms with Crippen LogP contribution in [0.1, 0.15) is 26.2 Å². The maximum Gasteiger partial charge on any atom is 0.219 e. The summed E-state index contributed by atoms with van der Waals surface area (Å²) in [6.07, 6.45) is 2.20. The number of hydrogen-bond acceptors (Lipinski definition) is 2. The van der Waals surface area contributed by atoms with E-state index in [1.807, 2.05) is 6.92 Å². The molecule has 0 atom stereocenters. The minimum Gasteiger partial charge on any atom is -0.403 e. The van der Waals surface area contributed by atoms with E-state index >= 15 is 0 Å². The molecule has 0 aliphatic rings. The molecule has 0 aliphatic carbocycles. The lowest BCUT2D eigenvalue weighted by Crippen LogP contribution is -2.23. The highest BCUT2D eigenvalue weighted by Gasteiger charge is 1.94.